The molecule has 1 N–H and O–H groups in total. The molecule has 36 heavy (non-hydrogen) atoms. The zero-order valence-electron chi connectivity index (χ0n) is 20.8. The summed E-state index contributed by atoms with van der Waals surface area (Å²) in [6, 6.07) is 4.79. The number of nitriles is 1. The van der Waals surface area contributed by atoms with Gasteiger partial charge in [0, 0.05) is 32.4 Å². The summed E-state index contributed by atoms with van der Waals surface area (Å²) in [5.74, 6) is 0.922. The van der Waals surface area contributed by atoms with E-state index in [1.165, 1.54) is 31.4 Å². The van der Waals surface area contributed by atoms with E-state index in [0.29, 0.717) is 42.2 Å². The average Bonchev–Trinajstić information content (AvgIpc) is 2.82. The third-order valence-corrected chi connectivity index (χ3v) is 5.73. The van der Waals surface area contributed by atoms with E-state index in [9.17, 15) is 18.5 Å². The van der Waals surface area contributed by atoms with Gasteiger partial charge in [-0.25, -0.2) is 14.8 Å². The molecule has 0 saturated heterocycles. The Labute approximate surface area is 210 Å². The fourth-order valence-electron chi connectivity index (χ4n) is 3.68. The maximum atomic E-state index is 13.2. The third kappa shape index (κ3) is 6.67. The summed E-state index contributed by atoms with van der Waals surface area (Å²) in [6.07, 6.45) is 2.51. The molecule has 1 aliphatic heterocycles. The molecule has 0 saturated carbocycles. The van der Waals surface area contributed by atoms with Gasteiger partial charge in [0.25, 0.3) is 10.1 Å². The highest BCUT2D eigenvalue weighted by molar-refractivity contribution is 7.85. The maximum Gasteiger partial charge on any atom is 0.328 e. The molecule has 2 aromatic rings. The molecule has 13 heteroatoms. The minimum Gasteiger partial charge on any atom is -0.489 e. The van der Waals surface area contributed by atoms with Crippen LogP contribution in [0.5, 0.6) is 5.75 Å². The normalized spacial score (nSPS) is 13.4. The first-order chi connectivity index (χ1) is 17.1. The highest BCUT2D eigenvalue weighted by Gasteiger charge is 2.29. The fourth-order valence-corrected chi connectivity index (χ4v) is 4.02. The minimum absolute atomic E-state index is 0.171. The molecule has 0 unspecified atom stereocenters. The highest BCUT2D eigenvalue weighted by atomic mass is 32.2. The number of ether oxygens (including phenoxy) is 3. The van der Waals surface area contributed by atoms with Crippen LogP contribution in [0, 0.1) is 11.3 Å². The third-order valence-electron chi connectivity index (χ3n) is 5.18. The first-order valence-corrected chi connectivity index (χ1v) is 13.0. The number of pyridine rings is 2. The zero-order chi connectivity index (χ0) is 26.5. The van der Waals surface area contributed by atoms with Gasteiger partial charge in [-0.15, -0.1) is 0 Å². The van der Waals surface area contributed by atoms with Crippen LogP contribution < -0.4 is 15.0 Å². The molecule has 0 aromatic carbocycles. The van der Waals surface area contributed by atoms with E-state index in [4.69, 9.17) is 18.4 Å². The number of hydrogen-bond acceptors (Lipinski definition) is 10. The summed E-state index contributed by atoms with van der Waals surface area (Å²) in [5, 5.41) is 12.0. The number of rotatable bonds is 9. The number of anilines is 2. The van der Waals surface area contributed by atoms with E-state index < -0.39 is 22.4 Å². The van der Waals surface area contributed by atoms with E-state index in [2.05, 4.69) is 15.3 Å². The Bertz CT molecular complexity index is 1260. The lowest BCUT2D eigenvalue weighted by molar-refractivity contribution is -0.109. The molecule has 0 aliphatic carbocycles. The zero-order valence-corrected chi connectivity index (χ0v) is 21.6. The van der Waals surface area contributed by atoms with Crippen LogP contribution in [0.25, 0.3) is 0 Å². The van der Waals surface area contributed by atoms with Crippen LogP contribution in [0.2, 0.25) is 0 Å². The van der Waals surface area contributed by atoms with Crippen molar-refractivity contribution in [2.45, 2.75) is 45.7 Å². The number of aryl methyl sites for hydroxylation is 1. The quantitative estimate of drug-likeness (QED) is 0.386. The van der Waals surface area contributed by atoms with E-state index in [-0.39, 0.29) is 24.1 Å². The van der Waals surface area contributed by atoms with Crippen molar-refractivity contribution in [2.75, 3.05) is 37.2 Å². The predicted octanol–water partition coefficient (Wildman–Crippen LogP) is 2.89. The molecule has 0 radical (unpaired) electrons. The monoisotopic (exact) mass is 519 g/mol. The molecule has 0 atom stereocenters. The summed E-state index contributed by atoms with van der Waals surface area (Å²) < 4.78 is 44.4. The molecule has 12 nitrogen and oxygen atoms in total. The first kappa shape index (κ1) is 27.3. The van der Waals surface area contributed by atoms with Crippen molar-refractivity contribution in [1.29, 1.82) is 5.26 Å². The van der Waals surface area contributed by atoms with E-state index >= 15 is 0 Å². The van der Waals surface area contributed by atoms with Crippen molar-refractivity contribution in [3.63, 3.8) is 0 Å². The Morgan fingerprint density at radius 2 is 2.00 bits per heavy atom. The van der Waals surface area contributed by atoms with Gasteiger partial charge < -0.3 is 14.2 Å². The summed E-state index contributed by atoms with van der Waals surface area (Å²) in [7, 11) is -0.846. The van der Waals surface area contributed by atoms with Gasteiger partial charge in [-0.05, 0) is 38.3 Å². The van der Waals surface area contributed by atoms with Crippen LogP contribution in [0.1, 0.15) is 48.9 Å². The Kier molecular flexibility index (Phi) is 8.80. The average molecular weight is 520 g/mol. The maximum absolute atomic E-state index is 13.2. The second-order valence-corrected chi connectivity index (χ2v) is 9.96. The van der Waals surface area contributed by atoms with Gasteiger partial charge >= 0.3 is 6.03 Å². The SMILES string of the molecule is COC(OC)c1nc2c(cc1COS(C)(=O)=O)CCCN2C(=O)Nc1cc(OC(C)C)c(C#N)cn1. The van der Waals surface area contributed by atoms with E-state index in [1.807, 2.05) is 19.9 Å². The molecule has 0 bridgehead atoms. The minimum atomic E-state index is -3.70. The van der Waals surface area contributed by atoms with Crippen molar-refractivity contribution in [2.24, 2.45) is 0 Å². The van der Waals surface area contributed by atoms with Crippen molar-refractivity contribution in [3.8, 4) is 11.8 Å². The predicted molar refractivity (Wildman–Crippen MR) is 130 cm³/mol. The number of carbonyl (C=O) groups is 1. The van der Waals surface area contributed by atoms with Crippen LogP contribution in [0.3, 0.4) is 0 Å². The lowest BCUT2D eigenvalue weighted by Gasteiger charge is -2.30. The summed E-state index contributed by atoms with van der Waals surface area (Å²) in [5.41, 5.74) is 1.77. The van der Waals surface area contributed by atoms with Gasteiger partial charge in [0.2, 0.25) is 6.29 Å². The number of hydrogen-bond donors (Lipinski definition) is 1. The summed E-state index contributed by atoms with van der Waals surface area (Å²) >= 11 is 0. The van der Waals surface area contributed by atoms with Gasteiger partial charge in [0.15, 0.2) is 0 Å². The first-order valence-electron chi connectivity index (χ1n) is 11.1. The van der Waals surface area contributed by atoms with Crippen LogP contribution in [-0.4, -0.2) is 57.5 Å². The molecule has 3 rings (SSSR count). The topological polar surface area (TPSA) is 153 Å². The number of carbonyl (C=O) groups excluding carboxylic acids is 1. The number of nitrogens with zero attached hydrogens (tertiary/aromatic N) is 4. The number of urea groups is 1. The van der Waals surface area contributed by atoms with Gasteiger partial charge in [-0.3, -0.25) is 14.4 Å². The number of nitrogens with one attached hydrogen (secondary N) is 1. The Hall–Kier alpha value is -3.31. The van der Waals surface area contributed by atoms with Crippen LogP contribution in [-0.2, 0) is 36.8 Å². The summed E-state index contributed by atoms with van der Waals surface area (Å²) in [4.78, 5) is 23.5. The van der Waals surface area contributed by atoms with E-state index in [0.717, 1.165) is 11.8 Å². The van der Waals surface area contributed by atoms with Crippen molar-refractivity contribution in [1.82, 2.24) is 9.97 Å². The molecule has 2 amide bonds. The van der Waals surface area contributed by atoms with Gasteiger partial charge in [-0.1, -0.05) is 0 Å². The lowest BCUT2D eigenvalue weighted by Crippen LogP contribution is -2.40. The van der Waals surface area contributed by atoms with Crippen LogP contribution in [0.15, 0.2) is 18.3 Å². The molecule has 1 aliphatic rings. The van der Waals surface area contributed by atoms with Crippen LogP contribution >= 0.6 is 0 Å². The molecule has 0 spiro atoms. The number of aromatic nitrogens is 2. The molecule has 3 heterocycles. The smallest absolute Gasteiger partial charge is 0.328 e. The van der Waals surface area contributed by atoms with Gasteiger partial charge in [0.05, 0.1) is 25.2 Å². The standard InChI is InChI=1S/C23H29N5O7S/c1-14(2)35-18-10-19(25-12-17(18)11-24)26-23(29)28-8-6-7-15-9-16(13-34-36(5,30)31)20(27-21(15)28)22(32-3)33-4/h9-10,12,14,22H,6-8,13H2,1-5H3,(H,25,26,29). The lowest BCUT2D eigenvalue weighted by atomic mass is 10.0. The highest BCUT2D eigenvalue weighted by Crippen LogP contribution is 2.32. The van der Waals surface area contributed by atoms with Crippen molar-refractivity contribution < 1.29 is 31.6 Å². The van der Waals surface area contributed by atoms with Crippen LogP contribution in [0.4, 0.5) is 16.4 Å². The number of fused-ring (bicyclic) bond motifs is 1. The number of amides is 2. The van der Waals surface area contributed by atoms with Gasteiger partial charge in [0.1, 0.15) is 34.7 Å². The van der Waals surface area contributed by atoms with Crippen molar-refractivity contribution in [3.05, 3.63) is 40.7 Å². The second-order valence-electron chi connectivity index (χ2n) is 8.31. The van der Waals surface area contributed by atoms with Crippen molar-refractivity contribution >= 4 is 27.8 Å². The van der Waals surface area contributed by atoms with Gasteiger partial charge in [-0.2, -0.15) is 13.7 Å². The molecule has 2 aromatic heterocycles. The fraction of sp³-hybridized carbons (Fsp3) is 0.478. The van der Waals surface area contributed by atoms with E-state index in [1.54, 1.807) is 6.07 Å². The Morgan fingerprint density at radius 1 is 1.28 bits per heavy atom. The number of methoxy groups -OCH3 is 2. The largest absolute Gasteiger partial charge is 0.489 e. The Morgan fingerprint density at radius 3 is 2.61 bits per heavy atom. The Balaban J connectivity index is 1.94. The molecular formula is C23H29N5O7S. The molecule has 0 fully saturated rings. The second kappa shape index (κ2) is 11.6. The molecule has 194 valence electrons. The molecular weight excluding hydrogens is 490 g/mol. The summed E-state index contributed by atoms with van der Waals surface area (Å²) in [6.45, 7) is 3.80.